The van der Waals surface area contributed by atoms with Gasteiger partial charge in [0.1, 0.15) is 0 Å². The number of fused-ring (bicyclic) bond motifs is 1. The Balaban J connectivity index is 0.00000300. The monoisotopic (exact) mass is 532 g/mol. The van der Waals surface area contributed by atoms with Crippen LogP contribution >= 0.6 is 24.0 Å². The molecular weight excluding hydrogens is 507 g/mol. The molecule has 0 spiro atoms. The first kappa shape index (κ1) is 23.2. The van der Waals surface area contributed by atoms with Gasteiger partial charge < -0.3 is 20.1 Å². The molecule has 1 aliphatic heterocycles. The number of hydrogen-bond donors (Lipinski definition) is 3. The van der Waals surface area contributed by atoms with Gasteiger partial charge in [-0.05, 0) is 48.7 Å². The van der Waals surface area contributed by atoms with E-state index in [1.165, 1.54) is 12.1 Å². The molecule has 0 bridgehead atoms. The van der Waals surface area contributed by atoms with Gasteiger partial charge in [0.25, 0.3) is 0 Å². The molecule has 1 heterocycles. The van der Waals surface area contributed by atoms with Crippen molar-refractivity contribution in [1.29, 1.82) is 0 Å². The molecule has 2 aromatic carbocycles. The second kappa shape index (κ2) is 10.6. The van der Waals surface area contributed by atoms with Crippen molar-refractivity contribution in [3.05, 3.63) is 53.6 Å². The zero-order valence-corrected chi connectivity index (χ0v) is 19.2. The minimum absolute atomic E-state index is 0. The molecule has 10 heteroatoms. The van der Waals surface area contributed by atoms with Crippen molar-refractivity contribution in [3.63, 3.8) is 0 Å². The fraction of sp³-hybridized carbons (Fsp3) is 0.316. The van der Waals surface area contributed by atoms with Gasteiger partial charge in [0.05, 0.1) is 11.4 Å². The molecule has 0 amide bonds. The third-order valence-corrected chi connectivity index (χ3v) is 5.09. The number of primary sulfonamides is 1. The SMILES string of the molecule is CCNC(=NCc1ccc(S(N)(=O)=O)cc1)NCCc1ccc2c(c1)OCO2.I. The van der Waals surface area contributed by atoms with Crippen LogP contribution in [0.4, 0.5) is 0 Å². The smallest absolute Gasteiger partial charge is 0.238 e. The Hall–Kier alpha value is -2.05. The van der Waals surface area contributed by atoms with Gasteiger partial charge >= 0.3 is 0 Å². The van der Waals surface area contributed by atoms with Crippen molar-refractivity contribution in [2.45, 2.75) is 24.8 Å². The Morgan fingerprint density at radius 2 is 1.76 bits per heavy atom. The lowest BCUT2D eigenvalue weighted by Crippen LogP contribution is -2.38. The van der Waals surface area contributed by atoms with E-state index in [1.54, 1.807) is 12.1 Å². The predicted molar refractivity (Wildman–Crippen MR) is 122 cm³/mol. The first-order chi connectivity index (χ1) is 13.5. The maximum absolute atomic E-state index is 11.3. The van der Waals surface area contributed by atoms with E-state index in [0.29, 0.717) is 19.0 Å². The highest BCUT2D eigenvalue weighted by atomic mass is 127. The lowest BCUT2D eigenvalue weighted by Gasteiger charge is -2.11. The van der Waals surface area contributed by atoms with Gasteiger partial charge in [-0.15, -0.1) is 24.0 Å². The van der Waals surface area contributed by atoms with Gasteiger partial charge in [0.2, 0.25) is 16.8 Å². The number of halogens is 1. The summed E-state index contributed by atoms with van der Waals surface area (Å²) in [4.78, 5) is 4.63. The molecule has 0 fully saturated rings. The Kier molecular flexibility index (Phi) is 8.53. The molecule has 4 N–H and O–H groups in total. The van der Waals surface area contributed by atoms with Crippen LogP contribution in [0.2, 0.25) is 0 Å². The second-order valence-corrected chi connectivity index (χ2v) is 7.81. The summed E-state index contributed by atoms with van der Waals surface area (Å²) in [6.45, 7) is 4.13. The Bertz CT molecular complexity index is 949. The van der Waals surface area contributed by atoms with Crippen LogP contribution in [0.15, 0.2) is 52.4 Å². The van der Waals surface area contributed by atoms with Crippen LogP contribution < -0.4 is 25.2 Å². The standard InChI is InChI=1S/C19H24N4O4S.HI/c1-2-21-19(23-12-15-3-6-16(7-4-15)28(20,24)25)22-10-9-14-5-8-17-18(11-14)27-13-26-17;/h3-8,11H,2,9-10,12-13H2,1H3,(H2,20,24,25)(H2,21,22,23);1H. The molecule has 1 aliphatic rings. The molecule has 3 rings (SSSR count). The number of guanidine groups is 1. The van der Waals surface area contributed by atoms with Crippen LogP contribution in [0.5, 0.6) is 11.5 Å². The number of aliphatic imine (C=N–C) groups is 1. The van der Waals surface area contributed by atoms with E-state index in [1.807, 2.05) is 25.1 Å². The van der Waals surface area contributed by atoms with Crippen molar-refractivity contribution in [3.8, 4) is 11.5 Å². The number of rotatable bonds is 7. The average Bonchev–Trinajstić information content (AvgIpc) is 3.13. The molecule has 0 aliphatic carbocycles. The van der Waals surface area contributed by atoms with Gasteiger partial charge in [-0.1, -0.05) is 18.2 Å². The fourth-order valence-corrected chi connectivity index (χ4v) is 3.23. The topological polar surface area (TPSA) is 115 Å². The second-order valence-electron chi connectivity index (χ2n) is 6.25. The van der Waals surface area contributed by atoms with E-state index in [-0.39, 0.29) is 35.7 Å². The van der Waals surface area contributed by atoms with Gasteiger partial charge in [-0.25, -0.2) is 18.5 Å². The predicted octanol–water partition coefficient (Wildman–Crippen LogP) is 1.98. The summed E-state index contributed by atoms with van der Waals surface area (Å²) in [6, 6.07) is 12.3. The molecule has 2 aromatic rings. The molecule has 0 unspecified atom stereocenters. The zero-order valence-electron chi connectivity index (χ0n) is 16.1. The number of nitrogens with two attached hydrogens (primary N) is 1. The van der Waals surface area contributed by atoms with E-state index in [0.717, 1.165) is 35.6 Å². The largest absolute Gasteiger partial charge is 0.454 e. The fourth-order valence-electron chi connectivity index (χ4n) is 2.72. The summed E-state index contributed by atoms with van der Waals surface area (Å²) in [6.07, 6.45) is 0.810. The van der Waals surface area contributed by atoms with Crippen LogP contribution in [0.1, 0.15) is 18.1 Å². The highest BCUT2D eigenvalue weighted by Crippen LogP contribution is 2.32. The third kappa shape index (κ3) is 6.75. The molecule has 29 heavy (non-hydrogen) atoms. The number of nitrogens with one attached hydrogen (secondary N) is 2. The molecular formula is C19H25IN4O4S. The maximum Gasteiger partial charge on any atom is 0.238 e. The van der Waals surface area contributed by atoms with Gasteiger partial charge in [0.15, 0.2) is 17.5 Å². The molecule has 158 valence electrons. The van der Waals surface area contributed by atoms with Gasteiger partial charge in [-0.2, -0.15) is 0 Å². The number of ether oxygens (including phenoxy) is 2. The van der Waals surface area contributed by atoms with E-state index < -0.39 is 10.0 Å². The molecule has 0 aromatic heterocycles. The van der Waals surface area contributed by atoms with E-state index in [4.69, 9.17) is 14.6 Å². The van der Waals surface area contributed by atoms with Crippen molar-refractivity contribution in [1.82, 2.24) is 10.6 Å². The minimum atomic E-state index is -3.68. The normalized spacial score (nSPS) is 13.0. The molecule has 0 radical (unpaired) electrons. The number of hydrogen-bond acceptors (Lipinski definition) is 5. The first-order valence-corrected chi connectivity index (χ1v) is 10.5. The molecule has 0 saturated heterocycles. The summed E-state index contributed by atoms with van der Waals surface area (Å²) in [5, 5.41) is 11.6. The van der Waals surface area contributed by atoms with Crippen LogP contribution in [0.25, 0.3) is 0 Å². The quantitative estimate of drug-likeness (QED) is 0.286. The van der Waals surface area contributed by atoms with E-state index >= 15 is 0 Å². The number of sulfonamides is 1. The first-order valence-electron chi connectivity index (χ1n) is 8.98. The highest BCUT2D eigenvalue weighted by Gasteiger charge is 2.13. The zero-order chi connectivity index (χ0) is 20.0. The van der Waals surface area contributed by atoms with Crippen LogP contribution in [0, 0.1) is 0 Å². The lowest BCUT2D eigenvalue weighted by atomic mass is 10.1. The molecule has 0 atom stereocenters. The highest BCUT2D eigenvalue weighted by molar-refractivity contribution is 14.0. The maximum atomic E-state index is 11.3. The van der Waals surface area contributed by atoms with Crippen LogP contribution in [0.3, 0.4) is 0 Å². The summed E-state index contributed by atoms with van der Waals surface area (Å²) in [5.74, 6) is 2.25. The summed E-state index contributed by atoms with van der Waals surface area (Å²) in [5.41, 5.74) is 2.03. The van der Waals surface area contributed by atoms with E-state index in [2.05, 4.69) is 15.6 Å². The lowest BCUT2D eigenvalue weighted by molar-refractivity contribution is 0.174. The number of nitrogens with zero attached hydrogens (tertiary/aromatic N) is 1. The Labute approximate surface area is 188 Å². The van der Waals surface area contributed by atoms with E-state index in [9.17, 15) is 8.42 Å². The van der Waals surface area contributed by atoms with Crippen LogP contribution in [-0.2, 0) is 23.0 Å². The average molecular weight is 532 g/mol. The molecule has 0 saturated carbocycles. The summed E-state index contributed by atoms with van der Waals surface area (Å²) < 4.78 is 33.3. The number of benzene rings is 2. The Morgan fingerprint density at radius 3 is 2.45 bits per heavy atom. The summed E-state index contributed by atoms with van der Waals surface area (Å²) >= 11 is 0. The van der Waals surface area contributed by atoms with Crippen molar-refractivity contribution < 1.29 is 17.9 Å². The molecule has 8 nitrogen and oxygen atoms in total. The van der Waals surface area contributed by atoms with Crippen molar-refractivity contribution in [2.75, 3.05) is 19.9 Å². The third-order valence-electron chi connectivity index (χ3n) is 4.16. The van der Waals surface area contributed by atoms with Gasteiger partial charge in [-0.3, -0.25) is 0 Å². The van der Waals surface area contributed by atoms with Gasteiger partial charge in [0, 0.05) is 13.1 Å². The van der Waals surface area contributed by atoms with Crippen molar-refractivity contribution >= 4 is 40.0 Å². The summed E-state index contributed by atoms with van der Waals surface area (Å²) in [7, 11) is -3.68. The van der Waals surface area contributed by atoms with Crippen molar-refractivity contribution in [2.24, 2.45) is 10.1 Å². The van der Waals surface area contributed by atoms with Crippen LogP contribution in [-0.4, -0.2) is 34.3 Å². The Morgan fingerprint density at radius 1 is 1.07 bits per heavy atom. The minimum Gasteiger partial charge on any atom is -0.454 e.